The number of nitrogens with two attached hydrogens (primary N) is 1. The molecule has 2 aromatic heterocycles. The Bertz CT molecular complexity index is 580. The molecule has 2 aromatic rings. The monoisotopic (exact) mass is 324 g/mol. The molecule has 0 aliphatic heterocycles. The van der Waals surface area contributed by atoms with E-state index in [2.05, 4.69) is 20.3 Å². The third-order valence-corrected chi connectivity index (χ3v) is 3.94. The Morgan fingerprint density at radius 3 is 2.82 bits per heavy atom. The van der Waals surface area contributed by atoms with E-state index in [1.54, 1.807) is 4.68 Å². The van der Waals surface area contributed by atoms with Gasteiger partial charge in [0.1, 0.15) is 11.5 Å². The molecule has 0 saturated heterocycles. The van der Waals surface area contributed by atoms with Crippen LogP contribution in [0.4, 0.5) is 11.9 Å². The van der Waals surface area contributed by atoms with Crippen LogP contribution in [-0.4, -0.2) is 46.1 Å². The number of nitrogens with zero attached hydrogens (tertiary/aromatic N) is 4. The zero-order valence-corrected chi connectivity index (χ0v) is 14.2. The predicted molar refractivity (Wildman–Crippen MR) is 90.9 cm³/mol. The fourth-order valence-corrected chi connectivity index (χ4v) is 2.71. The quantitative estimate of drug-likeness (QED) is 0.681. The van der Waals surface area contributed by atoms with Gasteiger partial charge in [0.05, 0.1) is 12.3 Å². The van der Waals surface area contributed by atoms with Gasteiger partial charge in [-0.05, 0) is 33.2 Å². The third kappa shape index (κ3) is 4.96. The Balaban J connectivity index is 1.65. The van der Waals surface area contributed by atoms with Gasteiger partial charge in [-0.25, -0.2) is 4.68 Å². The number of furan rings is 1. The van der Waals surface area contributed by atoms with Gasteiger partial charge >= 0.3 is 0 Å². The van der Waals surface area contributed by atoms with Crippen molar-refractivity contribution in [2.75, 3.05) is 37.4 Å². The van der Waals surface area contributed by atoms with Gasteiger partial charge < -0.3 is 20.4 Å². The first kappa shape index (κ1) is 16.7. The average molecular weight is 324 g/mol. The summed E-state index contributed by atoms with van der Waals surface area (Å²) in [6.45, 7) is 4.34. The van der Waals surface area contributed by atoms with Crippen molar-refractivity contribution in [2.45, 2.75) is 25.8 Å². The first-order valence-electron chi connectivity index (χ1n) is 7.32. The van der Waals surface area contributed by atoms with E-state index >= 15 is 0 Å². The van der Waals surface area contributed by atoms with Gasteiger partial charge in [0.25, 0.3) is 0 Å². The lowest BCUT2D eigenvalue weighted by atomic mass is 10.4. The van der Waals surface area contributed by atoms with E-state index in [1.165, 1.54) is 0 Å². The standard InChI is InChI=1S/C14H24N6OS/c1-4-20-13(15)17-14(18-20)16-7-8-22-10-12-6-5-11(21-12)9-19(2)3/h5-6H,4,7-10H2,1-3H3,(H3,15,16,17,18). The molecule has 0 amide bonds. The van der Waals surface area contributed by atoms with Crippen molar-refractivity contribution < 1.29 is 4.42 Å². The van der Waals surface area contributed by atoms with Crippen LogP contribution in [0, 0.1) is 0 Å². The van der Waals surface area contributed by atoms with E-state index in [4.69, 9.17) is 10.2 Å². The normalized spacial score (nSPS) is 11.3. The molecule has 7 nitrogen and oxygen atoms in total. The first-order chi connectivity index (χ1) is 10.6. The van der Waals surface area contributed by atoms with Crippen LogP contribution in [0.2, 0.25) is 0 Å². The van der Waals surface area contributed by atoms with Crippen LogP contribution >= 0.6 is 11.8 Å². The summed E-state index contributed by atoms with van der Waals surface area (Å²) in [5.41, 5.74) is 5.72. The Morgan fingerprint density at radius 2 is 2.14 bits per heavy atom. The van der Waals surface area contributed by atoms with Crippen LogP contribution < -0.4 is 11.1 Å². The zero-order chi connectivity index (χ0) is 15.9. The van der Waals surface area contributed by atoms with E-state index in [-0.39, 0.29) is 0 Å². The Morgan fingerprint density at radius 1 is 1.36 bits per heavy atom. The molecule has 0 spiro atoms. The van der Waals surface area contributed by atoms with Gasteiger partial charge in [-0.3, -0.25) is 0 Å². The Hall–Kier alpha value is -1.67. The lowest BCUT2D eigenvalue weighted by molar-refractivity contribution is 0.344. The summed E-state index contributed by atoms with van der Waals surface area (Å²) < 4.78 is 7.44. The topological polar surface area (TPSA) is 85.1 Å². The SMILES string of the molecule is CCn1nc(NCCSCc2ccc(CN(C)C)o2)nc1N. The fourth-order valence-electron chi connectivity index (χ4n) is 1.97. The number of anilines is 2. The summed E-state index contributed by atoms with van der Waals surface area (Å²) >= 11 is 1.81. The highest BCUT2D eigenvalue weighted by Gasteiger charge is 2.05. The molecule has 2 rings (SSSR count). The molecule has 122 valence electrons. The van der Waals surface area contributed by atoms with Crippen molar-refractivity contribution in [1.29, 1.82) is 0 Å². The van der Waals surface area contributed by atoms with E-state index in [1.807, 2.05) is 44.9 Å². The van der Waals surface area contributed by atoms with Crippen molar-refractivity contribution in [1.82, 2.24) is 19.7 Å². The molecular formula is C14H24N6OS. The lowest BCUT2D eigenvalue weighted by Crippen LogP contribution is -2.09. The highest BCUT2D eigenvalue weighted by molar-refractivity contribution is 7.98. The summed E-state index contributed by atoms with van der Waals surface area (Å²) in [6.07, 6.45) is 0. The molecule has 3 N–H and O–H groups in total. The minimum absolute atomic E-state index is 0.446. The number of rotatable bonds is 9. The number of nitrogens with one attached hydrogen (secondary N) is 1. The minimum atomic E-state index is 0.446. The predicted octanol–water partition coefficient (Wildman–Crippen LogP) is 1.88. The summed E-state index contributed by atoms with van der Waals surface area (Å²) in [6, 6.07) is 4.09. The second kappa shape index (κ2) is 8.09. The van der Waals surface area contributed by atoms with Crippen LogP contribution in [0.25, 0.3) is 0 Å². The lowest BCUT2D eigenvalue weighted by Gasteiger charge is -2.05. The van der Waals surface area contributed by atoms with Gasteiger partial charge in [-0.15, -0.1) is 5.10 Å². The van der Waals surface area contributed by atoms with Crippen LogP contribution in [0.1, 0.15) is 18.4 Å². The smallest absolute Gasteiger partial charge is 0.243 e. The van der Waals surface area contributed by atoms with Crippen LogP contribution in [-0.2, 0) is 18.8 Å². The van der Waals surface area contributed by atoms with Gasteiger partial charge in [0.2, 0.25) is 11.9 Å². The second-order valence-electron chi connectivity index (χ2n) is 5.19. The van der Waals surface area contributed by atoms with Crippen LogP contribution in [0.3, 0.4) is 0 Å². The maximum absolute atomic E-state index is 5.77. The van der Waals surface area contributed by atoms with Crippen molar-refractivity contribution >= 4 is 23.7 Å². The van der Waals surface area contributed by atoms with Gasteiger partial charge in [-0.1, -0.05) is 0 Å². The highest BCUT2D eigenvalue weighted by Crippen LogP contribution is 2.16. The molecule has 0 radical (unpaired) electrons. The van der Waals surface area contributed by atoms with Crippen LogP contribution in [0.5, 0.6) is 0 Å². The van der Waals surface area contributed by atoms with Crippen molar-refractivity contribution in [3.63, 3.8) is 0 Å². The molecule has 0 aliphatic carbocycles. The number of aromatic nitrogens is 3. The molecule has 2 heterocycles. The highest BCUT2D eigenvalue weighted by atomic mass is 32.2. The van der Waals surface area contributed by atoms with E-state index in [9.17, 15) is 0 Å². The Labute approximate surface area is 135 Å². The van der Waals surface area contributed by atoms with Gasteiger partial charge in [-0.2, -0.15) is 16.7 Å². The van der Waals surface area contributed by atoms with E-state index < -0.39 is 0 Å². The van der Waals surface area contributed by atoms with Gasteiger partial charge in [0.15, 0.2) is 0 Å². The molecular weight excluding hydrogens is 300 g/mol. The number of thioether (sulfide) groups is 1. The summed E-state index contributed by atoms with van der Waals surface area (Å²) in [5, 5.41) is 7.43. The largest absolute Gasteiger partial charge is 0.464 e. The number of nitrogen functional groups attached to an aromatic ring is 1. The van der Waals surface area contributed by atoms with Crippen molar-refractivity contribution in [3.8, 4) is 0 Å². The molecule has 0 saturated carbocycles. The average Bonchev–Trinajstić information content (AvgIpc) is 3.04. The van der Waals surface area contributed by atoms with Crippen molar-refractivity contribution in [2.24, 2.45) is 0 Å². The first-order valence-corrected chi connectivity index (χ1v) is 8.48. The van der Waals surface area contributed by atoms with Gasteiger partial charge in [0, 0.05) is 18.8 Å². The molecule has 0 aromatic carbocycles. The fraction of sp³-hybridized carbons (Fsp3) is 0.571. The maximum atomic E-state index is 5.77. The second-order valence-corrected chi connectivity index (χ2v) is 6.30. The zero-order valence-electron chi connectivity index (χ0n) is 13.4. The number of aryl methyl sites for hydroxylation is 1. The Kier molecular flexibility index (Phi) is 6.14. The van der Waals surface area contributed by atoms with E-state index in [0.29, 0.717) is 11.9 Å². The molecule has 0 bridgehead atoms. The number of hydrogen-bond donors (Lipinski definition) is 2. The molecule has 22 heavy (non-hydrogen) atoms. The summed E-state index contributed by atoms with van der Waals surface area (Å²) in [4.78, 5) is 6.25. The summed E-state index contributed by atoms with van der Waals surface area (Å²) in [7, 11) is 4.06. The third-order valence-electron chi connectivity index (χ3n) is 2.96. The van der Waals surface area contributed by atoms with Crippen LogP contribution in [0.15, 0.2) is 16.5 Å². The minimum Gasteiger partial charge on any atom is -0.464 e. The molecule has 0 aliphatic rings. The number of hydrogen-bond acceptors (Lipinski definition) is 7. The molecule has 8 heteroatoms. The molecule has 0 fully saturated rings. The molecule has 0 atom stereocenters. The van der Waals surface area contributed by atoms with Crippen molar-refractivity contribution in [3.05, 3.63) is 23.7 Å². The molecule has 0 unspecified atom stereocenters. The summed E-state index contributed by atoms with van der Waals surface area (Å²) in [5.74, 6) is 4.87. The van der Waals surface area contributed by atoms with E-state index in [0.717, 1.165) is 42.7 Å². The maximum Gasteiger partial charge on any atom is 0.243 e.